The molecule has 16 rings (SSSR count). The maximum Gasteiger partial charge on any atom is 0.179 e. The average Bonchev–Trinajstić information content (AvgIpc) is 3.91. The zero-order valence-electron chi connectivity index (χ0n) is 37.5. The van der Waals surface area contributed by atoms with Crippen molar-refractivity contribution in [2.24, 2.45) is 23.7 Å². The molecule has 0 saturated heterocycles. The number of aromatic nitrogens is 2. The third-order valence-electron chi connectivity index (χ3n) is 17.4. The standard InChI is InChI=1S/C64H50N2Si/c1-4-16-44(17-5-1)45-18-14-23-51(39-45)67(49-19-6-2-7-20-49,50-21-8-3-9-22-50)52-31-32-57-62(41-52)66-61-33-30-48(65-59-28-12-10-24-53(59)54-25-11-13-29-60(54)65)40-56(61)55-26-15-27-58(63(55)66)64(57)46-35-42-34-43(37-46)38-47(64)36-42/h1-33,39-43,46-47H,34-38H2. The van der Waals surface area contributed by atoms with E-state index in [-0.39, 0.29) is 5.41 Å². The zero-order valence-corrected chi connectivity index (χ0v) is 38.5. The maximum atomic E-state index is 2.74. The van der Waals surface area contributed by atoms with E-state index in [0.29, 0.717) is 11.8 Å². The molecule has 5 aliphatic rings. The van der Waals surface area contributed by atoms with Gasteiger partial charge in [0.15, 0.2) is 8.07 Å². The minimum Gasteiger partial charge on any atom is -0.309 e. The van der Waals surface area contributed by atoms with Crippen LogP contribution in [0, 0.1) is 23.7 Å². The van der Waals surface area contributed by atoms with Crippen LogP contribution in [0.1, 0.15) is 43.2 Å². The molecule has 4 aliphatic carbocycles. The van der Waals surface area contributed by atoms with Crippen LogP contribution in [-0.2, 0) is 5.41 Å². The molecule has 0 amide bonds. The summed E-state index contributed by atoms with van der Waals surface area (Å²) in [5.74, 6) is 3.02. The average molecular weight is 875 g/mol. The van der Waals surface area contributed by atoms with Gasteiger partial charge in [-0.3, -0.25) is 0 Å². The van der Waals surface area contributed by atoms with E-state index in [9.17, 15) is 0 Å². The molecule has 67 heavy (non-hydrogen) atoms. The van der Waals surface area contributed by atoms with E-state index in [4.69, 9.17) is 0 Å². The Labute approximate surface area is 392 Å². The van der Waals surface area contributed by atoms with Crippen LogP contribution in [0.5, 0.6) is 0 Å². The van der Waals surface area contributed by atoms with Crippen LogP contribution in [-0.4, -0.2) is 17.2 Å². The van der Waals surface area contributed by atoms with Crippen molar-refractivity contribution < 1.29 is 0 Å². The summed E-state index contributed by atoms with van der Waals surface area (Å²) in [6.07, 6.45) is 6.84. The molecule has 4 bridgehead atoms. The Hall–Kier alpha value is -7.20. The van der Waals surface area contributed by atoms with Gasteiger partial charge in [-0.2, -0.15) is 0 Å². The van der Waals surface area contributed by atoms with Crippen molar-refractivity contribution in [1.29, 1.82) is 0 Å². The van der Waals surface area contributed by atoms with Crippen LogP contribution < -0.4 is 20.7 Å². The van der Waals surface area contributed by atoms with Crippen LogP contribution in [0.4, 0.5) is 0 Å². The first kappa shape index (κ1) is 38.0. The molecule has 1 spiro atoms. The highest BCUT2D eigenvalue weighted by molar-refractivity contribution is 7.20. The summed E-state index contributed by atoms with van der Waals surface area (Å²) < 4.78 is 5.23. The summed E-state index contributed by atoms with van der Waals surface area (Å²) in [6.45, 7) is 0. The van der Waals surface area contributed by atoms with Gasteiger partial charge in [-0.25, -0.2) is 0 Å². The highest BCUT2D eigenvalue weighted by Gasteiger charge is 2.61. The van der Waals surface area contributed by atoms with E-state index in [0.717, 1.165) is 11.8 Å². The lowest BCUT2D eigenvalue weighted by Gasteiger charge is -2.63. The Morgan fingerprint density at radius 3 is 1.57 bits per heavy atom. The van der Waals surface area contributed by atoms with Gasteiger partial charge in [0.25, 0.3) is 0 Å². The van der Waals surface area contributed by atoms with E-state index < -0.39 is 8.07 Å². The molecular weight excluding hydrogens is 825 g/mol. The monoisotopic (exact) mass is 874 g/mol. The van der Waals surface area contributed by atoms with Gasteiger partial charge in [0.2, 0.25) is 0 Å². The first-order valence-corrected chi connectivity index (χ1v) is 26.7. The Morgan fingerprint density at radius 1 is 0.358 bits per heavy atom. The van der Waals surface area contributed by atoms with Crippen molar-refractivity contribution in [2.45, 2.75) is 37.5 Å². The van der Waals surface area contributed by atoms with E-state index >= 15 is 0 Å². The molecule has 0 N–H and O–H groups in total. The fourth-order valence-electron chi connectivity index (χ4n) is 15.2. The van der Waals surface area contributed by atoms with Crippen molar-refractivity contribution in [2.75, 3.05) is 0 Å². The summed E-state index contributed by atoms with van der Waals surface area (Å²) in [4.78, 5) is 0. The highest BCUT2D eigenvalue weighted by atomic mass is 28.3. The molecule has 2 aromatic heterocycles. The molecule has 0 atom stereocenters. The molecule has 3 heterocycles. The Morgan fingerprint density at radius 2 is 0.896 bits per heavy atom. The molecule has 4 fully saturated rings. The van der Waals surface area contributed by atoms with Crippen molar-refractivity contribution in [3.8, 4) is 22.5 Å². The molecule has 0 radical (unpaired) electrons. The van der Waals surface area contributed by atoms with Gasteiger partial charge in [-0.1, -0.05) is 182 Å². The van der Waals surface area contributed by atoms with Crippen LogP contribution in [0.25, 0.3) is 66.1 Å². The Balaban J connectivity index is 1.05. The van der Waals surface area contributed by atoms with Gasteiger partial charge < -0.3 is 9.13 Å². The van der Waals surface area contributed by atoms with Crippen molar-refractivity contribution in [1.82, 2.24) is 9.13 Å². The summed E-state index contributed by atoms with van der Waals surface area (Å²) in [5, 5.41) is 11.0. The molecular formula is C64H50N2Si. The summed E-state index contributed by atoms with van der Waals surface area (Å²) in [6, 6.07) is 84.2. The van der Waals surface area contributed by atoms with Crippen LogP contribution >= 0.6 is 0 Å². The SMILES string of the molecule is c1ccc(-c2cccc([Si](c3ccccc3)(c3ccccc3)c3ccc4c(c3)-n3c5ccc(-n6c7ccccc7c7ccccc76)cc5c5cccc(c53)C43C4CC5CC(C4)CC3C5)c2)cc1. The summed E-state index contributed by atoms with van der Waals surface area (Å²) >= 11 is 0. The second-order valence-electron chi connectivity index (χ2n) is 20.4. The van der Waals surface area contributed by atoms with Crippen molar-refractivity contribution in [3.63, 3.8) is 0 Å². The first-order chi connectivity index (χ1) is 33.2. The van der Waals surface area contributed by atoms with E-state index in [1.54, 1.807) is 11.1 Å². The smallest absolute Gasteiger partial charge is 0.179 e. The molecule has 3 heteroatoms. The molecule has 11 aromatic rings. The van der Waals surface area contributed by atoms with Gasteiger partial charge >= 0.3 is 0 Å². The quantitative estimate of drug-likeness (QED) is 0.116. The van der Waals surface area contributed by atoms with E-state index in [1.807, 2.05) is 0 Å². The fraction of sp³-hybridized carbons (Fsp3) is 0.156. The number of rotatable bonds is 6. The van der Waals surface area contributed by atoms with Gasteiger partial charge in [0.1, 0.15) is 0 Å². The van der Waals surface area contributed by atoms with Crippen LogP contribution in [0.15, 0.2) is 218 Å². The van der Waals surface area contributed by atoms with Gasteiger partial charge in [-0.05, 0) is 135 Å². The maximum absolute atomic E-state index is 2.95. The molecule has 4 saturated carbocycles. The fourth-order valence-corrected chi connectivity index (χ4v) is 20.0. The number of fused-ring (bicyclic) bond motifs is 8. The first-order valence-electron chi connectivity index (χ1n) is 24.7. The molecule has 320 valence electrons. The van der Waals surface area contributed by atoms with Crippen LogP contribution in [0.2, 0.25) is 0 Å². The lowest BCUT2D eigenvalue weighted by molar-refractivity contribution is -0.0418. The largest absolute Gasteiger partial charge is 0.309 e. The highest BCUT2D eigenvalue weighted by Crippen LogP contribution is 2.68. The van der Waals surface area contributed by atoms with Gasteiger partial charge in [-0.15, -0.1) is 0 Å². The topological polar surface area (TPSA) is 9.86 Å². The summed E-state index contributed by atoms with van der Waals surface area (Å²) in [5.41, 5.74) is 13.5. The Bertz CT molecular complexity index is 3650. The van der Waals surface area contributed by atoms with E-state index in [2.05, 4.69) is 228 Å². The second-order valence-corrected chi connectivity index (χ2v) is 24.3. The van der Waals surface area contributed by atoms with E-state index in [1.165, 1.54) is 119 Å². The lowest BCUT2D eigenvalue weighted by atomic mass is 9.41. The molecule has 2 nitrogen and oxygen atoms in total. The second kappa shape index (κ2) is 14.2. The number of hydrogen-bond acceptors (Lipinski definition) is 0. The third-order valence-corrected chi connectivity index (χ3v) is 22.2. The van der Waals surface area contributed by atoms with Crippen LogP contribution in [0.3, 0.4) is 0 Å². The van der Waals surface area contributed by atoms with Crippen molar-refractivity contribution >= 4 is 72.4 Å². The number of nitrogens with zero attached hydrogens (tertiary/aromatic N) is 2. The molecule has 0 unspecified atom stereocenters. The lowest BCUT2D eigenvalue weighted by Crippen LogP contribution is -2.74. The normalized spacial score (nSPS) is 21.5. The summed E-state index contributed by atoms with van der Waals surface area (Å²) in [7, 11) is -2.95. The Kier molecular flexibility index (Phi) is 8.02. The predicted molar refractivity (Wildman–Crippen MR) is 282 cm³/mol. The minimum atomic E-state index is -2.95. The van der Waals surface area contributed by atoms with Gasteiger partial charge in [0.05, 0.1) is 27.8 Å². The third kappa shape index (κ3) is 5.10. The minimum absolute atomic E-state index is 0.0161. The van der Waals surface area contributed by atoms with Crippen molar-refractivity contribution in [3.05, 3.63) is 230 Å². The molecule has 1 aliphatic heterocycles. The number of benzene rings is 9. The number of hydrogen-bond donors (Lipinski definition) is 0. The number of para-hydroxylation sites is 3. The van der Waals surface area contributed by atoms with Gasteiger partial charge in [0, 0.05) is 32.6 Å². The predicted octanol–water partition coefficient (Wildman–Crippen LogP) is 13.0. The molecule has 9 aromatic carbocycles. The zero-order chi connectivity index (χ0) is 43.8.